The molecule has 0 unspecified atom stereocenters. The highest BCUT2D eigenvalue weighted by molar-refractivity contribution is 7.98. The van der Waals surface area contributed by atoms with Crippen LogP contribution in [0.4, 0.5) is 5.95 Å². The summed E-state index contributed by atoms with van der Waals surface area (Å²) in [5, 5.41) is 11.5. The Morgan fingerprint density at radius 3 is 2.68 bits per heavy atom. The molecule has 0 aliphatic heterocycles. The maximum Gasteiger partial charge on any atom is 0.322 e. The van der Waals surface area contributed by atoms with Crippen molar-refractivity contribution in [2.75, 3.05) is 18.5 Å². The first kappa shape index (κ1) is 13.5. The lowest BCUT2D eigenvalue weighted by molar-refractivity contribution is 0.308. The highest BCUT2D eigenvalue weighted by Gasteiger charge is 2.12. The van der Waals surface area contributed by atoms with E-state index in [9.17, 15) is 0 Å². The molecule has 0 atom stereocenters. The van der Waals surface area contributed by atoms with Crippen molar-refractivity contribution in [3.63, 3.8) is 0 Å². The standard InChI is InChI=1S/C10H14N6O2S/c1-4-11-7-12-8(17-5-2)14-9(13-7)19-10-16-15-6(3)18-10/h4-5H2,1-3H3,(H,11,12,13,14). The van der Waals surface area contributed by atoms with Gasteiger partial charge >= 0.3 is 6.01 Å². The molecule has 0 radical (unpaired) electrons. The molecular formula is C10H14N6O2S. The van der Waals surface area contributed by atoms with E-state index in [4.69, 9.17) is 9.15 Å². The van der Waals surface area contributed by atoms with Crippen molar-refractivity contribution in [1.82, 2.24) is 25.1 Å². The summed E-state index contributed by atoms with van der Waals surface area (Å²) in [5.74, 6) is 0.952. The van der Waals surface area contributed by atoms with Crippen LogP contribution in [-0.4, -0.2) is 38.3 Å². The van der Waals surface area contributed by atoms with E-state index in [2.05, 4.69) is 30.5 Å². The number of ether oxygens (including phenoxy) is 1. The summed E-state index contributed by atoms with van der Waals surface area (Å²) in [6.07, 6.45) is 0. The third kappa shape index (κ3) is 3.78. The molecule has 9 heteroatoms. The lowest BCUT2D eigenvalue weighted by Crippen LogP contribution is -2.07. The van der Waals surface area contributed by atoms with E-state index in [0.717, 1.165) is 0 Å². The Kier molecular flexibility index (Phi) is 4.50. The van der Waals surface area contributed by atoms with Gasteiger partial charge in [0.15, 0.2) is 0 Å². The largest absolute Gasteiger partial charge is 0.464 e. The quantitative estimate of drug-likeness (QED) is 0.845. The number of nitrogens with one attached hydrogen (secondary N) is 1. The third-order valence-corrected chi connectivity index (χ3v) is 2.59. The molecule has 2 heterocycles. The van der Waals surface area contributed by atoms with Gasteiger partial charge in [-0.2, -0.15) is 15.0 Å². The van der Waals surface area contributed by atoms with Gasteiger partial charge in [-0.3, -0.25) is 0 Å². The van der Waals surface area contributed by atoms with Crippen LogP contribution in [0.2, 0.25) is 0 Å². The number of nitrogens with zero attached hydrogens (tertiary/aromatic N) is 5. The fraction of sp³-hybridized carbons (Fsp3) is 0.500. The molecule has 0 aromatic carbocycles. The highest BCUT2D eigenvalue weighted by Crippen LogP contribution is 2.24. The Bertz CT molecular complexity index is 522. The van der Waals surface area contributed by atoms with Gasteiger partial charge in [0.05, 0.1) is 6.61 Å². The van der Waals surface area contributed by atoms with E-state index >= 15 is 0 Å². The van der Waals surface area contributed by atoms with Crippen LogP contribution in [0, 0.1) is 6.92 Å². The summed E-state index contributed by atoms with van der Waals surface area (Å²) >= 11 is 1.17. The zero-order valence-electron chi connectivity index (χ0n) is 10.9. The number of hydrogen-bond donors (Lipinski definition) is 1. The molecule has 0 aliphatic carbocycles. The van der Waals surface area contributed by atoms with Crippen molar-refractivity contribution in [1.29, 1.82) is 0 Å². The van der Waals surface area contributed by atoms with Crippen molar-refractivity contribution >= 4 is 17.7 Å². The molecule has 0 amide bonds. The first-order valence-corrected chi connectivity index (χ1v) is 6.63. The van der Waals surface area contributed by atoms with E-state index in [-0.39, 0.29) is 6.01 Å². The molecule has 0 saturated heterocycles. The van der Waals surface area contributed by atoms with E-state index in [1.165, 1.54) is 11.8 Å². The molecule has 2 rings (SSSR count). The fourth-order valence-electron chi connectivity index (χ4n) is 1.21. The summed E-state index contributed by atoms with van der Waals surface area (Å²) in [6.45, 7) is 6.74. The molecule has 19 heavy (non-hydrogen) atoms. The monoisotopic (exact) mass is 282 g/mol. The second kappa shape index (κ2) is 6.32. The summed E-state index contributed by atoms with van der Waals surface area (Å²) < 4.78 is 10.6. The van der Waals surface area contributed by atoms with E-state index in [1.54, 1.807) is 6.92 Å². The van der Waals surface area contributed by atoms with Gasteiger partial charge in [-0.05, 0) is 13.8 Å². The van der Waals surface area contributed by atoms with Crippen LogP contribution < -0.4 is 10.1 Å². The molecule has 1 N–H and O–H groups in total. The number of aryl methyl sites for hydroxylation is 1. The first-order chi connectivity index (χ1) is 9.21. The van der Waals surface area contributed by atoms with Crippen molar-refractivity contribution in [2.45, 2.75) is 31.2 Å². The Labute approximate surface area is 114 Å². The maximum atomic E-state index is 5.29. The molecule has 2 aromatic rings. The smallest absolute Gasteiger partial charge is 0.322 e. The van der Waals surface area contributed by atoms with Crippen molar-refractivity contribution in [2.24, 2.45) is 0 Å². The zero-order chi connectivity index (χ0) is 13.7. The summed E-state index contributed by atoms with van der Waals surface area (Å²) in [5.41, 5.74) is 0. The fourth-order valence-corrected chi connectivity index (χ4v) is 1.87. The highest BCUT2D eigenvalue weighted by atomic mass is 32.2. The summed E-state index contributed by atoms with van der Waals surface area (Å²) in [7, 11) is 0. The van der Waals surface area contributed by atoms with Crippen molar-refractivity contribution in [3.05, 3.63) is 5.89 Å². The predicted molar refractivity (Wildman–Crippen MR) is 68.3 cm³/mol. The van der Waals surface area contributed by atoms with E-state index < -0.39 is 0 Å². The molecule has 0 fully saturated rings. The number of hydrogen-bond acceptors (Lipinski definition) is 9. The minimum atomic E-state index is 0.271. The van der Waals surface area contributed by atoms with Crippen LogP contribution in [0.25, 0.3) is 0 Å². The molecule has 0 spiro atoms. The average Bonchev–Trinajstić information content (AvgIpc) is 2.75. The number of anilines is 1. The number of rotatable bonds is 6. The normalized spacial score (nSPS) is 10.5. The first-order valence-electron chi connectivity index (χ1n) is 5.82. The van der Waals surface area contributed by atoms with Crippen LogP contribution in [-0.2, 0) is 0 Å². The van der Waals surface area contributed by atoms with Gasteiger partial charge < -0.3 is 14.5 Å². The average molecular weight is 282 g/mol. The van der Waals surface area contributed by atoms with Gasteiger partial charge in [-0.15, -0.1) is 10.2 Å². The Morgan fingerprint density at radius 2 is 2.05 bits per heavy atom. The molecular weight excluding hydrogens is 268 g/mol. The van der Waals surface area contributed by atoms with Gasteiger partial charge in [0, 0.05) is 25.2 Å². The SMILES string of the molecule is CCNc1nc(OCC)nc(Sc2nnc(C)o2)n1. The van der Waals surface area contributed by atoms with Crippen LogP contribution in [0.1, 0.15) is 19.7 Å². The molecule has 2 aromatic heterocycles. The molecule has 102 valence electrons. The Balaban J connectivity index is 2.22. The molecule has 0 bridgehead atoms. The zero-order valence-corrected chi connectivity index (χ0v) is 11.7. The lowest BCUT2D eigenvalue weighted by atomic mass is 10.7. The van der Waals surface area contributed by atoms with Gasteiger partial charge in [-0.25, -0.2) is 0 Å². The van der Waals surface area contributed by atoms with Gasteiger partial charge in [0.1, 0.15) is 0 Å². The molecule has 8 nitrogen and oxygen atoms in total. The van der Waals surface area contributed by atoms with E-state index in [1.807, 2.05) is 13.8 Å². The van der Waals surface area contributed by atoms with E-state index in [0.29, 0.717) is 35.4 Å². The summed E-state index contributed by atoms with van der Waals surface area (Å²) in [4.78, 5) is 12.5. The van der Waals surface area contributed by atoms with Crippen molar-refractivity contribution < 1.29 is 9.15 Å². The Morgan fingerprint density at radius 1 is 1.21 bits per heavy atom. The van der Waals surface area contributed by atoms with Gasteiger partial charge in [0.2, 0.25) is 17.0 Å². The predicted octanol–water partition coefficient (Wildman–Crippen LogP) is 1.54. The van der Waals surface area contributed by atoms with Crippen LogP contribution in [0.15, 0.2) is 14.8 Å². The van der Waals surface area contributed by atoms with Crippen LogP contribution in [0.5, 0.6) is 6.01 Å². The molecule has 0 saturated carbocycles. The minimum absolute atomic E-state index is 0.271. The summed E-state index contributed by atoms with van der Waals surface area (Å²) in [6, 6.07) is 0.271. The second-order valence-electron chi connectivity index (χ2n) is 3.38. The second-order valence-corrected chi connectivity index (χ2v) is 4.30. The van der Waals surface area contributed by atoms with Gasteiger partial charge in [-0.1, -0.05) is 0 Å². The number of aromatic nitrogens is 5. The third-order valence-electron chi connectivity index (χ3n) is 1.89. The minimum Gasteiger partial charge on any atom is -0.464 e. The topological polar surface area (TPSA) is 98.9 Å². The van der Waals surface area contributed by atoms with Crippen molar-refractivity contribution in [3.8, 4) is 6.01 Å². The van der Waals surface area contributed by atoms with Gasteiger partial charge in [0.25, 0.3) is 5.22 Å². The van der Waals surface area contributed by atoms with Crippen LogP contribution in [0.3, 0.4) is 0 Å². The Hall–Kier alpha value is -1.90. The molecule has 0 aliphatic rings. The van der Waals surface area contributed by atoms with Crippen LogP contribution >= 0.6 is 11.8 Å². The lowest BCUT2D eigenvalue weighted by Gasteiger charge is -2.06. The maximum absolute atomic E-state index is 5.29.